The van der Waals surface area contributed by atoms with Gasteiger partial charge in [-0.05, 0) is 38.5 Å². The summed E-state index contributed by atoms with van der Waals surface area (Å²) in [5.74, 6) is 0. The fraction of sp³-hybridized carbons (Fsp3) is 0.846. The third kappa shape index (κ3) is 2.23. The van der Waals surface area contributed by atoms with Gasteiger partial charge in [-0.25, -0.2) is 4.68 Å². The molecule has 2 aliphatic rings. The summed E-state index contributed by atoms with van der Waals surface area (Å²) in [6.45, 7) is 0.648. The second kappa shape index (κ2) is 4.41. The van der Waals surface area contributed by atoms with Crippen molar-refractivity contribution in [3.8, 4) is 0 Å². The van der Waals surface area contributed by atoms with Gasteiger partial charge in [0.05, 0.1) is 23.5 Å². The zero-order valence-corrected chi connectivity index (χ0v) is 10.4. The standard InChI is InChI=1S/C13H21N3O/c17-13(8-4-1-5-9-13)10-16-12-7-3-2-6-11(12)14-15-16/h17H,1-10H2. The van der Waals surface area contributed by atoms with Gasteiger partial charge in [-0.1, -0.05) is 24.5 Å². The molecule has 1 aromatic rings. The maximum Gasteiger partial charge on any atom is 0.0859 e. The number of aromatic nitrogens is 3. The zero-order valence-electron chi connectivity index (χ0n) is 10.4. The highest BCUT2D eigenvalue weighted by molar-refractivity contribution is 5.13. The van der Waals surface area contributed by atoms with Crippen LogP contribution in [0.3, 0.4) is 0 Å². The minimum atomic E-state index is -0.531. The predicted molar refractivity (Wildman–Crippen MR) is 64.7 cm³/mol. The van der Waals surface area contributed by atoms with Gasteiger partial charge in [0.25, 0.3) is 0 Å². The van der Waals surface area contributed by atoms with Crippen LogP contribution >= 0.6 is 0 Å². The quantitative estimate of drug-likeness (QED) is 0.851. The van der Waals surface area contributed by atoms with Gasteiger partial charge in [-0.15, -0.1) is 5.10 Å². The lowest BCUT2D eigenvalue weighted by Gasteiger charge is -2.32. The Balaban J connectivity index is 1.78. The van der Waals surface area contributed by atoms with Crippen molar-refractivity contribution in [2.24, 2.45) is 0 Å². The van der Waals surface area contributed by atoms with Crippen molar-refractivity contribution in [3.05, 3.63) is 11.4 Å². The lowest BCUT2D eigenvalue weighted by Crippen LogP contribution is -2.37. The van der Waals surface area contributed by atoms with E-state index in [9.17, 15) is 5.11 Å². The Morgan fingerprint density at radius 1 is 1.06 bits per heavy atom. The van der Waals surface area contributed by atoms with Crippen molar-refractivity contribution >= 4 is 0 Å². The first kappa shape index (κ1) is 11.2. The van der Waals surface area contributed by atoms with Crippen LogP contribution in [-0.2, 0) is 19.4 Å². The minimum Gasteiger partial charge on any atom is -0.388 e. The van der Waals surface area contributed by atoms with Gasteiger partial charge in [0, 0.05) is 0 Å². The summed E-state index contributed by atoms with van der Waals surface area (Å²) in [7, 11) is 0. The summed E-state index contributed by atoms with van der Waals surface area (Å²) in [6, 6.07) is 0. The molecule has 1 N–H and O–H groups in total. The second-order valence-electron chi connectivity index (χ2n) is 5.63. The first-order chi connectivity index (χ1) is 8.27. The predicted octanol–water partition coefficient (Wildman–Crippen LogP) is 1.85. The number of aryl methyl sites for hydroxylation is 1. The average Bonchev–Trinajstić information content (AvgIpc) is 2.73. The van der Waals surface area contributed by atoms with Gasteiger partial charge >= 0.3 is 0 Å². The van der Waals surface area contributed by atoms with Crippen molar-refractivity contribution in [1.29, 1.82) is 0 Å². The Kier molecular flexibility index (Phi) is 2.90. The summed E-state index contributed by atoms with van der Waals surface area (Å²) < 4.78 is 1.97. The largest absolute Gasteiger partial charge is 0.388 e. The van der Waals surface area contributed by atoms with E-state index in [1.54, 1.807) is 0 Å². The highest BCUT2D eigenvalue weighted by Gasteiger charge is 2.31. The number of rotatable bonds is 2. The molecule has 4 nitrogen and oxygen atoms in total. The summed E-state index contributed by atoms with van der Waals surface area (Å²) in [5, 5.41) is 19.1. The molecule has 3 rings (SSSR count). The molecular weight excluding hydrogens is 214 g/mol. The van der Waals surface area contributed by atoms with Gasteiger partial charge in [0.1, 0.15) is 0 Å². The van der Waals surface area contributed by atoms with Gasteiger partial charge in [0.2, 0.25) is 0 Å². The molecule has 0 aromatic carbocycles. The third-order valence-corrected chi connectivity index (χ3v) is 4.22. The van der Waals surface area contributed by atoms with Gasteiger partial charge in [-0.2, -0.15) is 0 Å². The lowest BCUT2D eigenvalue weighted by molar-refractivity contribution is -0.0153. The van der Waals surface area contributed by atoms with E-state index in [0.717, 1.165) is 44.2 Å². The molecule has 0 unspecified atom stereocenters. The van der Waals surface area contributed by atoms with Crippen LogP contribution in [0.5, 0.6) is 0 Å². The number of fused-ring (bicyclic) bond motifs is 1. The molecule has 0 saturated heterocycles. The molecule has 1 heterocycles. The molecule has 0 aliphatic heterocycles. The van der Waals surface area contributed by atoms with E-state index < -0.39 is 5.60 Å². The van der Waals surface area contributed by atoms with Crippen LogP contribution in [-0.4, -0.2) is 25.7 Å². The zero-order chi connectivity index (χ0) is 11.7. The summed E-state index contributed by atoms with van der Waals surface area (Å²) in [5.41, 5.74) is 1.91. The van der Waals surface area contributed by atoms with Crippen molar-refractivity contribution in [2.75, 3.05) is 0 Å². The van der Waals surface area contributed by atoms with Crippen LogP contribution in [0.2, 0.25) is 0 Å². The molecular formula is C13H21N3O. The average molecular weight is 235 g/mol. The number of nitrogens with zero attached hydrogens (tertiary/aromatic N) is 3. The normalized spacial score (nSPS) is 23.4. The molecule has 2 aliphatic carbocycles. The van der Waals surface area contributed by atoms with Crippen LogP contribution in [0.25, 0.3) is 0 Å². The van der Waals surface area contributed by atoms with Crippen LogP contribution in [0.1, 0.15) is 56.3 Å². The van der Waals surface area contributed by atoms with E-state index in [-0.39, 0.29) is 0 Å². The number of hydrogen-bond acceptors (Lipinski definition) is 3. The SMILES string of the molecule is OC1(Cn2nnc3c2CCCC3)CCCCC1. The number of aliphatic hydroxyl groups is 1. The van der Waals surface area contributed by atoms with E-state index >= 15 is 0 Å². The summed E-state index contributed by atoms with van der Waals surface area (Å²) in [6.07, 6.45) is 10.0. The summed E-state index contributed by atoms with van der Waals surface area (Å²) >= 11 is 0. The fourth-order valence-corrected chi connectivity index (χ4v) is 3.20. The Labute approximate surface area is 102 Å². The van der Waals surface area contributed by atoms with Gasteiger partial charge in [0.15, 0.2) is 0 Å². The Hall–Kier alpha value is -0.900. The molecule has 0 spiro atoms. The van der Waals surface area contributed by atoms with Crippen LogP contribution < -0.4 is 0 Å². The van der Waals surface area contributed by atoms with Crippen molar-refractivity contribution in [2.45, 2.75) is 69.9 Å². The van der Waals surface area contributed by atoms with Crippen molar-refractivity contribution in [1.82, 2.24) is 15.0 Å². The minimum absolute atomic E-state index is 0.531. The van der Waals surface area contributed by atoms with Gasteiger partial charge in [-0.3, -0.25) is 0 Å². The molecule has 0 radical (unpaired) electrons. The molecule has 1 fully saturated rings. The Morgan fingerprint density at radius 3 is 2.65 bits per heavy atom. The highest BCUT2D eigenvalue weighted by Crippen LogP contribution is 2.30. The molecule has 0 atom stereocenters. The van der Waals surface area contributed by atoms with E-state index in [2.05, 4.69) is 10.3 Å². The van der Waals surface area contributed by atoms with E-state index in [1.165, 1.54) is 25.0 Å². The first-order valence-electron chi connectivity index (χ1n) is 6.90. The fourth-order valence-electron chi connectivity index (χ4n) is 3.20. The molecule has 0 amide bonds. The van der Waals surface area contributed by atoms with Crippen LogP contribution in [0.15, 0.2) is 0 Å². The third-order valence-electron chi connectivity index (χ3n) is 4.22. The molecule has 1 aromatic heterocycles. The smallest absolute Gasteiger partial charge is 0.0859 e. The Morgan fingerprint density at radius 2 is 1.82 bits per heavy atom. The molecule has 1 saturated carbocycles. The van der Waals surface area contributed by atoms with Crippen molar-refractivity contribution < 1.29 is 5.11 Å². The molecule has 94 valence electrons. The highest BCUT2D eigenvalue weighted by atomic mass is 16.3. The molecule has 4 heteroatoms. The molecule has 17 heavy (non-hydrogen) atoms. The van der Waals surface area contributed by atoms with E-state index in [0.29, 0.717) is 6.54 Å². The lowest BCUT2D eigenvalue weighted by atomic mass is 9.85. The number of hydrogen-bond donors (Lipinski definition) is 1. The van der Waals surface area contributed by atoms with Gasteiger partial charge < -0.3 is 5.11 Å². The van der Waals surface area contributed by atoms with E-state index in [1.807, 2.05) is 4.68 Å². The van der Waals surface area contributed by atoms with Crippen LogP contribution in [0.4, 0.5) is 0 Å². The topological polar surface area (TPSA) is 50.9 Å². The van der Waals surface area contributed by atoms with E-state index in [4.69, 9.17) is 0 Å². The van der Waals surface area contributed by atoms with Crippen LogP contribution in [0, 0.1) is 0 Å². The maximum atomic E-state index is 10.6. The first-order valence-corrected chi connectivity index (χ1v) is 6.90. The summed E-state index contributed by atoms with van der Waals surface area (Å²) in [4.78, 5) is 0. The maximum absolute atomic E-state index is 10.6. The second-order valence-corrected chi connectivity index (χ2v) is 5.63. The molecule has 0 bridgehead atoms. The monoisotopic (exact) mass is 235 g/mol. The van der Waals surface area contributed by atoms with Crippen molar-refractivity contribution in [3.63, 3.8) is 0 Å². The Bertz CT molecular complexity index is 393.